The first-order valence-corrected chi connectivity index (χ1v) is 9.47. The summed E-state index contributed by atoms with van der Waals surface area (Å²) < 4.78 is 0. The summed E-state index contributed by atoms with van der Waals surface area (Å²) in [5, 5.41) is 5.37. The highest BCUT2D eigenvalue weighted by Gasteiger charge is 2.25. The number of carbonyl (C=O) groups excluding carboxylic acids is 3. The highest BCUT2D eigenvalue weighted by atomic mass is 16.2. The van der Waals surface area contributed by atoms with Crippen LogP contribution in [0.25, 0.3) is 0 Å². The summed E-state index contributed by atoms with van der Waals surface area (Å²) in [6.07, 6.45) is 1.83. The first kappa shape index (κ1) is 19.6. The number of nitrogens with one attached hydrogen (secondary N) is 2. The second-order valence-electron chi connectivity index (χ2n) is 7.14. The van der Waals surface area contributed by atoms with Crippen LogP contribution in [0.1, 0.15) is 48.5 Å². The number of piperidine rings is 1. The summed E-state index contributed by atoms with van der Waals surface area (Å²) >= 11 is 0. The molecular formula is C22H25N3O3. The molecule has 0 spiro atoms. The van der Waals surface area contributed by atoms with Gasteiger partial charge in [0.15, 0.2) is 0 Å². The summed E-state index contributed by atoms with van der Waals surface area (Å²) in [6.45, 7) is 4.16. The lowest BCUT2D eigenvalue weighted by molar-refractivity contribution is -0.115. The Morgan fingerprint density at radius 2 is 1.39 bits per heavy atom. The molecule has 1 aliphatic heterocycles. The predicted octanol–water partition coefficient (Wildman–Crippen LogP) is 3.62. The Bertz CT molecular complexity index is 838. The van der Waals surface area contributed by atoms with Gasteiger partial charge in [-0.3, -0.25) is 14.4 Å². The molecule has 2 N–H and O–H groups in total. The summed E-state index contributed by atoms with van der Waals surface area (Å²) in [5.41, 5.74) is 2.74. The maximum Gasteiger partial charge on any atom is 0.254 e. The van der Waals surface area contributed by atoms with Crippen LogP contribution in [0.5, 0.6) is 0 Å². The van der Waals surface area contributed by atoms with Crippen LogP contribution in [0.15, 0.2) is 48.5 Å². The Labute approximate surface area is 164 Å². The van der Waals surface area contributed by atoms with Crippen molar-refractivity contribution in [2.45, 2.75) is 32.6 Å². The first-order valence-electron chi connectivity index (χ1n) is 9.47. The van der Waals surface area contributed by atoms with Crippen molar-refractivity contribution in [2.24, 2.45) is 0 Å². The zero-order chi connectivity index (χ0) is 20.1. The molecule has 146 valence electrons. The van der Waals surface area contributed by atoms with Gasteiger partial charge in [-0.2, -0.15) is 0 Å². The molecule has 28 heavy (non-hydrogen) atoms. The molecular weight excluding hydrogens is 354 g/mol. The average molecular weight is 379 g/mol. The van der Waals surface area contributed by atoms with Gasteiger partial charge < -0.3 is 15.5 Å². The van der Waals surface area contributed by atoms with Crippen LogP contribution in [0.2, 0.25) is 0 Å². The molecule has 1 heterocycles. The summed E-state index contributed by atoms with van der Waals surface area (Å²) in [4.78, 5) is 37.7. The Balaban J connectivity index is 1.74. The van der Waals surface area contributed by atoms with Gasteiger partial charge in [-0.15, -0.1) is 0 Å². The SMILES string of the molecule is CC(=O)Nc1cc(NC(C)=O)cc(C(=O)N2CCC(c3ccccc3)CC2)c1. The Kier molecular flexibility index (Phi) is 6.09. The average Bonchev–Trinajstić information content (AvgIpc) is 2.67. The normalized spacial score (nSPS) is 14.4. The standard InChI is InChI=1S/C22H25N3O3/c1-15(26)23-20-12-19(13-21(14-20)24-16(2)27)22(28)25-10-8-18(9-11-25)17-6-4-3-5-7-17/h3-7,12-14,18H,8-11H2,1-2H3,(H,23,26)(H,24,27). The third-order valence-electron chi connectivity index (χ3n) is 4.87. The van der Waals surface area contributed by atoms with Crippen molar-refractivity contribution in [3.63, 3.8) is 0 Å². The number of benzene rings is 2. The van der Waals surface area contributed by atoms with E-state index in [1.165, 1.54) is 19.4 Å². The van der Waals surface area contributed by atoms with Crippen LogP contribution < -0.4 is 10.6 Å². The number of nitrogens with zero attached hydrogens (tertiary/aromatic N) is 1. The highest BCUT2D eigenvalue weighted by Crippen LogP contribution is 2.29. The van der Waals surface area contributed by atoms with Crippen LogP contribution in [0, 0.1) is 0 Å². The van der Waals surface area contributed by atoms with Crippen molar-refractivity contribution in [2.75, 3.05) is 23.7 Å². The Morgan fingerprint density at radius 3 is 1.89 bits per heavy atom. The molecule has 3 amide bonds. The number of likely N-dealkylation sites (tertiary alicyclic amines) is 1. The van der Waals surface area contributed by atoms with Crippen molar-refractivity contribution >= 4 is 29.1 Å². The molecule has 0 radical (unpaired) electrons. The van der Waals surface area contributed by atoms with E-state index in [0.29, 0.717) is 35.9 Å². The van der Waals surface area contributed by atoms with E-state index in [9.17, 15) is 14.4 Å². The fourth-order valence-electron chi connectivity index (χ4n) is 3.63. The van der Waals surface area contributed by atoms with Crippen LogP contribution in [-0.2, 0) is 9.59 Å². The number of carbonyl (C=O) groups is 3. The third-order valence-corrected chi connectivity index (χ3v) is 4.87. The van der Waals surface area contributed by atoms with Gasteiger partial charge in [-0.1, -0.05) is 30.3 Å². The largest absolute Gasteiger partial charge is 0.339 e. The van der Waals surface area contributed by atoms with E-state index in [-0.39, 0.29) is 17.7 Å². The number of amides is 3. The lowest BCUT2D eigenvalue weighted by Gasteiger charge is -2.32. The molecule has 0 unspecified atom stereocenters. The first-order chi connectivity index (χ1) is 13.4. The molecule has 0 saturated carbocycles. The third kappa shape index (κ3) is 4.97. The molecule has 6 heteroatoms. The maximum atomic E-state index is 13.0. The zero-order valence-electron chi connectivity index (χ0n) is 16.2. The van der Waals surface area contributed by atoms with Crippen molar-refractivity contribution in [3.05, 3.63) is 59.7 Å². The van der Waals surface area contributed by atoms with Gasteiger partial charge in [0.25, 0.3) is 5.91 Å². The van der Waals surface area contributed by atoms with Crippen molar-refractivity contribution < 1.29 is 14.4 Å². The molecule has 0 aliphatic carbocycles. The van der Waals surface area contributed by atoms with Gasteiger partial charge in [0.1, 0.15) is 0 Å². The van der Waals surface area contributed by atoms with Crippen molar-refractivity contribution in [1.29, 1.82) is 0 Å². The molecule has 1 aliphatic rings. The van der Waals surface area contributed by atoms with Crippen LogP contribution >= 0.6 is 0 Å². The molecule has 0 bridgehead atoms. The Hall–Kier alpha value is -3.15. The lowest BCUT2D eigenvalue weighted by atomic mass is 9.89. The number of hydrogen-bond acceptors (Lipinski definition) is 3. The van der Waals surface area contributed by atoms with E-state index >= 15 is 0 Å². The van der Waals surface area contributed by atoms with E-state index in [4.69, 9.17) is 0 Å². The van der Waals surface area contributed by atoms with E-state index < -0.39 is 0 Å². The maximum absolute atomic E-state index is 13.0. The van der Waals surface area contributed by atoms with Gasteiger partial charge >= 0.3 is 0 Å². The van der Waals surface area contributed by atoms with Crippen LogP contribution in [-0.4, -0.2) is 35.7 Å². The van der Waals surface area contributed by atoms with E-state index in [2.05, 4.69) is 22.8 Å². The molecule has 1 fully saturated rings. The minimum atomic E-state index is -0.234. The molecule has 0 aromatic heterocycles. The summed E-state index contributed by atoms with van der Waals surface area (Å²) in [5.74, 6) is -0.0969. The van der Waals surface area contributed by atoms with Crippen LogP contribution in [0.4, 0.5) is 11.4 Å². The van der Waals surface area contributed by atoms with Gasteiger partial charge in [0.05, 0.1) is 0 Å². The number of hydrogen-bond donors (Lipinski definition) is 2. The Morgan fingerprint density at radius 1 is 0.857 bits per heavy atom. The lowest BCUT2D eigenvalue weighted by Crippen LogP contribution is -2.38. The van der Waals surface area contributed by atoms with Crippen molar-refractivity contribution in [3.8, 4) is 0 Å². The minimum absolute atomic E-state index is 0.0923. The summed E-state index contributed by atoms with van der Waals surface area (Å²) in [6, 6.07) is 15.3. The minimum Gasteiger partial charge on any atom is -0.339 e. The van der Waals surface area contributed by atoms with Gasteiger partial charge in [-0.05, 0) is 42.5 Å². The summed E-state index contributed by atoms with van der Waals surface area (Å²) in [7, 11) is 0. The fourth-order valence-corrected chi connectivity index (χ4v) is 3.63. The van der Waals surface area contributed by atoms with Gasteiger partial charge in [-0.25, -0.2) is 0 Å². The smallest absolute Gasteiger partial charge is 0.254 e. The highest BCUT2D eigenvalue weighted by molar-refractivity contribution is 6.00. The quantitative estimate of drug-likeness (QED) is 0.852. The van der Waals surface area contributed by atoms with Crippen LogP contribution in [0.3, 0.4) is 0 Å². The topological polar surface area (TPSA) is 78.5 Å². The van der Waals surface area contributed by atoms with E-state index in [0.717, 1.165) is 12.8 Å². The fraction of sp³-hybridized carbons (Fsp3) is 0.318. The molecule has 1 saturated heterocycles. The van der Waals surface area contributed by atoms with Gasteiger partial charge in [0, 0.05) is 43.9 Å². The second-order valence-corrected chi connectivity index (χ2v) is 7.14. The number of anilines is 2. The molecule has 3 rings (SSSR count). The molecule has 0 atom stereocenters. The van der Waals surface area contributed by atoms with E-state index in [1.54, 1.807) is 18.2 Å². The predicted molar refractivity (Wildman–Crippen MR) is 109 cm³/mol. The molecule has 2 aromatic carbocycles. The van der Waals surface area contributed by atoms with Crippen molar-refractivity contribution in [1.82, 2.24) is 4.90 Å². The van der Waals surface area contributed by atoms with Gasteiger partial charge in [0.2, 0.25) is 11.8 Å². The molecule has 2 aromatic rings. The number of rotatable bonds is 4. The van der Waals surface area contributed by atoms with E-state index in [1.807, 2.05) is 23.1 Å². The zero-order valence-corrected chi connectivity index (χ0v) is 16.2. The second kappa shape index (κ2) is 8.69. The molecule has 6 nitrogen and oxygen atoms in total. The monoisotopic (exact) mass is 379 g/mol.